The van der Waals surface area contributed by atoms with Gasteiger partial charge in [-0.15, -0.1) is 0 Å². The molecule has 0 unspecified atom stereocenters. The van der Waals surface area contributed by atoms with Gasteiger partial charge in [-0.2, -0.15) is 5.10 Å². The van der Waals surface area contributed by atoms with Crippen molar-refractivity contribution in [3.8, 4) is 0 Å². The lowest BCUT2D eigenvalue weighted by atomic mass is 9.65. The van der Waals surface area contributed by atoms with E-state index in [1.165, 1.54) is 5.57 Å². The molecule has 4 atom stereocenters. The van der Waals surface area contributed by atoms with Crippen molar-refractivity contribution in [3.05, 3.63) is 11.3 Å². The third kappa shape index (κ3) is 8.10. The molecule has 5 heteroatoms. The minimum atomic E-state index is -1.45. The minimum Gasteiger partial charge on any atom is -0.481 e. The summed E-state index contributed by atoms with van der Waals surface area (Å²) >= 11 is 0. The summed E-state index contributed by atoms with van der Waals surface area (Å²) in [7, 11) is 2.48. The second-order valence-corrected chi connectivity index (χ2v) is 15.1. The normalized spacial score (nSPS) is 26.4. The molecule has 0 aromatic rings. The van der Waals surface area contributed by atoms with E-state index in [1.54, 1.807) is 0 Å². The highest BCUT2D eigenvalue weighted by Gasteiger charge is 2.39. The fraction of sp³-hybridized carbons (Fsp3) is 0.826. The Morgan fingerprint density at radius 2 is 1.96 bits per heavy atom. The molecule has 0 spiro atoms. The molecule has 1 saturated carbocycles. The monoisotopic (exact) mass is 408 g/mol. The first kappa shape index (κ1) is 24.9. The predicted octanol–water partition coefficient (Wildman–Crippen LogP) is 6.06. The first-order valence-electron chi connectivity index (χ1n) is 11.1. The van der Waals surface area contributed by atoms with Crippen LogP contribution in [0.4, 0.5) is 0 Å². The van der Waals surface area contributed by atoms with E-state index in [4.69, 9.17) is 0 Å². The third-order valence-corrected chi connectivity index (χ3v) is 7.13. The van der Waals surface area contributed by atoms with Crippen molar-refractivity contribution in [1.29, 1.82) is 0 Å². The molecule has 1 N–H and O–H groups in total. The Kier molecular flexibility index (Phi) is 9.95. The zero-order valence-electron chi connectivity index (χ0n) is 19.6. The SMILES string of the molecule is CCCC[C@@H](C(=O)O)[C@@H]1CC[C@@H](C)[C@H](CC/C(C)=N\N(C)C)/C1=C\[Si](C)(C)C. The number of hydrogen-bond acceptors (Lipinski definition) is 3. The molecule has 28 heavy (non-hydrogen) atoms. The van der Waals surface area contributed by atoms with Gasteiger partial charge in [-0.25, -0.2) is 0 Å². The number of hydrazone groups is 1. The first-order valence-corrected chi connectivity index (χ1v) is 14.7. The Hall–Kier alpha value is -1.10. The summed E-state index contributed by atoms with van der Waals surface area (Å²) in [6.45, 7) is 13.7. The van der Waals surface area contributed by atoms with Gasteiger partial charge in [0.1, 0.15) is 0 Å². The second-order valence-electron chi connectivity index (χ2n) is 10.1. The molecule has 162 valence electrons. The number of nitrogens with zero attached hydrogens (tertiary/aromatic N) is 2. The van der Waals surface area contributed by atoms with Crippen molar-refractivity contribution < 1.29 is 9.90 Å². The number of rotatable bonds is 10. The number of allylic oxidation sites excluding steroid dienone is 1. The highest BCUT2D eigenvalue weighted by atomic mass is 28.3. The molecule has 1 fully saturated rings. The van der Waals surface area contributed by atoms with Gasteiger partial charge in [0.25, 0.3) is 0 Å². The molecule has 0 aliphatic heterocycles. The van der Waals surface area contributed by atoms with E-state index in [-0.39, 0.29) is 11.8 Å². The van der Waals surface area contributed by atoms with Crippen LogP contribution in [0.3, 0.4) is 0 Å². The molecular formula is C23H44N2O2Si. The number of carbonyl (C=O) groups is 1. The summed E-state index contributed by atoms with van der Waals surface area (Å²) in [5.41, 5.74) is 5.17. The number of aliphatic carboxylic acids is 1. The van der Waals surface area contributed by atoms with Crippen molar-refractivity contribution >= 4 is 19.8 Å². The van der Waals surface area contributed by atoms with E-state index in [2.05, 4.69) is 51.2 Å². The average molecular weight is 409 g/mol. The van der Waals surface area contributed by atoms with E-state index >= 15 is 0 Å². The fourth-order valence-electron chi connectivity index (χ4n) is 4.69. The lowest BCUT2D eigenvalue weighted by Crippen LogP contribution is -2.36. The molecule has 0 bridgehead atoms. The highest BCUT2D eigenvalue weighted by molar-refractivity contribution is 6.81. The molecule has 0 saturated heterocycles. The third-order valence-electron chi connectivity index (χ3n) is 5.94. The second kappa shape index (κ2) is 11.2. The van der Waals surface area contributed by atoms with Crippen LogP contribution in [0.2, 0.25) is 19.6 Å². The maximum absolute atomic E-state index is 12.2. The molecule has 0 amide bonds. The van der Waals surface area contributed by atoms with Gasteiger partial charge < -0.3 is 10.1 Å². The maximum atomic E-state index is 12.2. The molecule has 1 rings (SSSR count). The number of hydrogen-bond donors (Lipinski definition) is 1. The van der Waals surface area contributed by atoms with Gasteiger partial charge in [0.15, 0.2) is 0 Å². The fourth-order valence-corrected chi connectivity index (χ4v) is 6.12. The van der Waals surface area contributed by atoms with Crippen molar-refractivity contribution in [1.82, 2.24) is 5.01 Å². The van der Waals surface area contributed by atoms with Crippen LogP contribution in [0.25, 0.3) is 0 Å². The van der Waals surface area contributed by atoms with E-state index in [0.29, 0.717) is 11.8 Å². The van der Waals surface area contributed by atoms with Crippen LogP contribution in [0.1, 0.15) is 65.7 Å². The van der Waals surface area contributed by atoms with Crippen LogP contribution < -0.4 is 0 Å². The topological polar surface area (TPSA) is 52.9 Å². The van der Waals surface area contributed by atoms with Gasteiger partial charge in [0.05, 0.1) is 14.0 Å². The largest absolute Gasteiger partial charge is 0.481 e. The molecule has 1 aliphatic rings. The van der Waals surface area contributed by atoms with E-state index in [9.17, 15) is 9.90 Å². The molecule has 0 aromatic carbocycles. The summed E-state index contributed by atoms with van der Waals surface area (Å²) in [6.07, 6.45) is 7.10. The Labute approximate surface area is 174 Å². The van der Waals surface area contributed by atoms with Crippen molar-refractivity contribution in [3.63, 3.8) is 0 Å². The zero-order valence-corrected chi connectivity index (χ0v) is 20.6. The van der Waals surface area contributed by atoms with Gasteiger partial charge >= 0.3 is 5.97 Å². The van der Waals surface area contributed by atoms with Gasteiger partial charge in [0, 0.05) is 19.8 Å². The van der Waals surface area contributed by atoms with Gasteiger partial charge in [0.2, 0.25) is 0 Å². The lowest BCUT2D eigenvalue weighted by Gasteiger charge is -2.41. The van der Waals surface area contributed by atoms with Crippen molar-refractivity contribution in [2.24, 2.45) is 28.8 Å². The van der Waals surface area contributed by atoms with Gasteiger partial charge in [-0.3, -0.25) is 4.79 Å². The molecule has 0 aromatic heterocycles. The minimum absolute atomic E-state index is 0.211. The summed E-state index contributed by atoms with van der Waals surface area (Å²) < 4.78 is 0. The van der Waals surface area contributed by atoms with Crippen LogP contribution in [0, 0.1) is 23.7 Å². The van der Waals surface area contributed by atoms with Crippen LogP contribution in [0.15, 0.2) is 16.4 Å². The maximum Gasteiger partial charge on any atom is 0.307 e. The van der Waals surface area contributed by atoms with Crippen LogP contribution in [-0.4, -0.2) is 44.0 Å². The van der Waals surface area contributed by atoms with Crippen LogP contribution in [-0.2, 0) is 4.79 Å². The number of carboxylic acid groups (broad SMARTS) is 1. The Bertz CT molecular complexity index is 563. The molecule has 0 heterocycles. The summed E-state index contributed by atoms with van der Waals surface area (Å²) in [5, 5.41) is 16.4. The van der Waals surface area contributed by atoms with Crippen molar-refractivity contribution in [2.75, 3.05) is 14.1 Å². The average Bonchev–Trinajstić information content (AvgIpc) is 2.54. The summed E-state index contributed by atoms with van der Waals surface area (Å²) in [5.74, 6) is 0.489. The zero-order chi connectivity index (χ0) is 21.5. The van der Waals surface area contributed by atoms with E-state index < -0.39 is 14.0 Å². The standard InChI is InChI=1S/C23H44N2O2Si/c1-9-10-11-21(23(26)27)20-14-12-17(2)19(22(20)16-28(6,7)8)15-13-18(3)24-25(4)5/h16-17,19-21H,9-15H2,1-8H3,(H,26,27)/b22-16+,24-18-/t17-,19+,20+,21-/m1/s1. The first-order chi connectivity index (χ1) is 13.0. The van der Waals surface area contributed by atoms with Gasteiger partial charge in [-0.05, 0) is 56.8 Å². The van der Waals surface area contributed by atoms with Crippen LogP contribution >= 0.6 is 0 Å². The van der Waals surface area contributed by atoms with Crippen molar-refractivity contribution in [2.45, 2.75) is 85.4 Å². The smallest absolute Gasteiger partial charge is 0.307 e. The highest BCUT2D eigenvalue weighted by Crippen LogP contribution is 2.45. The lowest BCUT2D eigenvalue weighted by molar-refractivity contribution is -0.144. The van der Waals surface area contributed by atoms with Gasteiger partial charge in [-0.1, -0.05) is 57.6 Å². The van der Waals surface area contributed by atoms with Crippen LogP contribution in [0.5, 0.6) is 0 Å². The predicted molar refractivity (Wildman–Crippen MR) is 123 cm³/mol. The Morgan fingerprint density at radius 3 is 2.46 bits per heavy atom. The molecule has 1 aliphatic carbocycles. The Morgan fingerprint density at radius 1 is 1.32 bits per heavy atom. The quantitative estimate of drug-likeness (QED) is 0.271. The Balaban J connectivity index is 3.19. The van der Waals surface area contributed by atoms with E-state index in [0.717, 1.165) is 50.7 Å². The summed E-state index contributed by atoms with van der Waals surface area (Å²) in [4.78, 5) is 12.2. The molecule has 4 nitrogen and oxygen atoms in total. The van der Waals surface area contributed by atoms with E-state index in [1.807, 2.05) is 19.1 Å². The molecular weight excluding hydrogens is 364 g/mol. The number of unbranched alkanes of at least 4 members (excludes halogenated alkanes) is 1. The molecule has 0 radical (unpaired) electrons. The summed E-state index contributed by atoms with van der Waals surface area (Å²) in [6, 6.07) is 0. The number of carboxylic acids is 1.